The van der Waals surface area contributed by atoms with Crippen LogP contribution in [-0.4, -0.2) is 12.0 Å². The van der Waals surface area contributed by atoms with Gasteiger partial charge >= 0.3 is 0 Å². The van der Waals surface area contributed by atoms with Crippen molar-refractivity contribution in [3.8, 4) is 0 Å². The molecule has 1 aliphatic carbocycles. The van der Waals surface area contributed by atoms with Crippen LogP contribution in [-0.2, 0) is 6.54 Å². The van der Waals surface area contributed by atoms with Crippen LogP contribution in [0.3, 0.4) is 0 Å². The first-order chi connectivity index (χ1) is 8.74. The Morgan fingerprint density at radius 3 is 2.74 bits per heavy atom. The Hall–Kier alpha value is -0.850. The van der Waals surface area contributed by atoms with Crippen molar-refractivity contribution >= 4 is 29.9 Å². The Morgan fingerprint density at radius 1 is 1.32 bits per heavy atom. The fourth-order valence-electron chi connectivity index (χ4n) is 2.31. The first-order valence-corrected chi connectivity index (χ1v) is 6.55. The maximum absolute atomic E-state index is 13.0. The molecule has 0 aromatic heterocycles. The maximum atomic E-state index is 13.0. The Balaban J connectivity index is 0.00000180. The average molecular weight is 377 g/mol. The van der Waals surface area contributed by atoms with Gasteiger partial charge in [-0.3, -0.25) is 0 Å². The van der Waals surface area contributed by atoms with E-state index in [9.17, 15) is 4.39 Å². The average Bonchev–Trinajstić information content (AvgIpc) is 2.38. The Bertz CT molecular complexity index is 417. The molecule has 106 valence electrons. The molecule has 0 unspecified atom stereocenters. The van der Waals surface area contributed by atoms with Crippen molar-refractivity contribution < 1.29 is 4.39 Å². The van der Waals surface area contributed by atoms with Crippen molar-refractivity contribution in [2.24, 2.45) is 10.7 Å². The molecule has 0 bridgehead atoms. The molecule has 1 fully saturated rings. The van der Waals surface area contributed by atoms with Crippen molar-refractivity contribution in [1.29, 1.82) is 0 Å². The molecular weight excluding hydrogens is 356 g/mol. The van der Waals surface area contributed by atoms with E-state index < -0.39 is 0 Å². The van der Waals surface area contributed by atoms with Crippen molar-refractivity contribution in [3.05, 3.63) is 35.6 Å². The number of nitrogens with one attached hydrogen (secondary N) is 1. The molecule has 1 aliphatic rings. The number of rotatable bonds is 3. The van der Waals surface area contributed by atoms with Crippen LogP contribution in [0.4, 0.5) is 4.39 Å². The van der Waals surface area contributed by atoms with Crippen LogP contribution in [0.5, 0.6) is 0 Å². The van der Waals surface area contributed by atoms with Crippen molar-refractivity contribution in [3.63, 3.8) is 0 Å². The number of hydrogen-bond donors (Lipinski definition) is 2. The van der Waals surface area contributed by atoms with Gasteiger partial charge in [-0.15, -0.1) is 24.0 Å². The van der Waals surface area contributed by atoms with Gasteiger partial charge in [0.05, 0.1) is 6.54 Å². The van der Waals surface area contributed by atoms with Crippen LogP contribution in [0.15, 0.2) is 29.3 Å². The summed E-state index contributed by atoms with van der Waals surface area (Å²) in [6, 6.07) is 6.90. The summed E-state index contributed by atoms with van der Waals surface area (Å²) in [5.74, 6) is 0.229. The number of benzene rings is 1. The molecule has 5 heteroatoms. The lowest BCUT2D eigenvalue weighted by Gasteiger charge is -2.23. The molecule has 1 saturated carbocycles. The molecule has 0 spiro atoms. The van der Waals surface area contributed by atoms with Gasteiger partial charge in [0.15, 0.2) is 5.96 Å². The summed E-state index contributed by atoms with van der Waals surface area (Å²) in [5.41, 5.74) is 6.67. The van der Waals surface area contributed by atoms with Gasteiger partial charge < -0.3 is 11.1 Å². The summed E-state index contributed by atoms with van der Waals surface area (Å²) < 4.78 is 13.0. The molecule has 0 aliphatic heterocycles. The predicted molar refractivity (Wildman–Crippen MR) is 87.2 cm³/mol. The normalized spacial score (nSPS) is 16.8. The van der Waals surface area contributed by atoms with Crippen LogP contribution in [0.2, 0.25) is 0 Å². The summed E-state index contributed by atoms with van der Waals surface area (Å²) >= 11 is 0. The lowest BCUT2D eigenvalue weighted by molar-refractivity contribution is 0.412. The topological polar surface area (TPSA) is 50.4 Å². The monoisotopic (exact) mass is 377 g/mol. The molecule has 2 rings (SSSR count). The molecule has 19 heavy (non-hydrogen) atoms. The molecule has 3 N–H and O–H groups in total. The SMILES string of the molecule is I.NC(=NCc1cccc(F)c1)NC1CCCCC1. The molecular formula is C14H21FIN3. The van der Waals surface area contributed by atoms with Gasteiger partial charge in [-0.25, -0.2) is 9.38 Å². The van der Waals surface area contributed by atoms with Gasteiger partial charge in [0, 0.05) is 6.04 Å². The quantitative estimate of drug-likeness (QED) is 0.483. The molecule has 1 aromatic rings. The van der Waals surface area contributed by atoms with Crippen molar-refractivity contribution in [2.75, 3.05) is 0 Å². The van der Waals surface area contributed by atoms with Gasteiger partial charge in [0.1, 0.15) is 5.82 Å². The summed E-state index contributed by atoms with van der Waals surface area (Å²) in [7, 11) is 0. The van der Waals surface area contributed by atoms with Crippen LogP contribution < -0.4 is 11.1 Å². The fourth-order valence-corrected chi connectivity index (χ4v) is 2.31. The third-order valence-corrected chi connectivity index (χ3v) is 3.28. The van der Waals surface area contributed by atoms with Crippen LogP contribution in [0.1, 0.15) is 37.7 Å². The van der Waals surface area contributed by atoms with E-state index in [1.807, 2.05) is 6.07 Å². The molecule has 0 heterocycles. The van der Waals surface area contributed by atoms with E-state index in [0.717, 1.165) is 18.4 Å². The lowest BCUT2D eigenvalue weighted by atomic mass is 9.96. The highest BCUT2D eigenvalue weighted by atomic mass is 127. The van der Waals surface area contributed by atoms with Crippen LogP contribution >= 0.6 is 24.0 Å². The largest absolute Gasteiger partial charge is 0.370 e. The molecule has 0 amide bonds. The van der Waals surface area contributed by atoms with Crippen molar-refractivity contribution in [2.45, 2.75) is 44.7 Å². The lowest BCUT2D eigenvalue weighted by Crippen LogP contribution is -2.41. The maximum Gasteiger partial charge on any atom is 0.189 e. The minimum atomic E-state index is -0.235. The molecule has 0 radical (unpaired) electrons. The van der Waals surface area contributed by atoms with E-state index in [-0.39, 0.29) is 29.8 Å². The second-order valence-electron chi connectivity index (χ2n) is 4.81. The Kier molecular flexibility index (Phi) is 7.12. The third-order valence-electron chi connectivity index (χ3n) is 3.28. The fraction of sp³-hybridized carbons (Fsp3) is 0.500. The number of aliphatic imine (C=N–C) groups is 1. The molecule has 1 aromatic carbocycles. The molecule has 0 saturated heterocycles. The zero-order chi connectivity index (χ0) is 12.8. The second-order valence-corrected chi connectivity index (χ2v) is 4.81. The zero-order valence-electron chi connectivity index (χ0n) is 10.9. The number of halogens is 2. The second kappa shape index (κ2) is 8.35. The first kappa shape index (κ1) is 16.2. The van der Waals surface area contributed by atoms with Gasteiger partial charge in [0.25, 0.3) is 0 Å². The van der Waals surface area contributed by atoms with Crippen molar-refractivity contribution in [1.82, 2.24) is 5.32 Å². The summed E-state index contributed by atoms with van der Waals surface area (Å²) in [6.07, 6.45) is 6.16. The van der Waals surface area contributed by atoms with Crippen LogP contribution in [0, 0.1) is 5.82 Å². The van der Waals surface area contributed by atoms with Gasteiger partial charge in [-0.1, -0.05) is 31.4 Å². The van der Waals surface area contributed by atoms with E-state index in [0.29, 0.717) is 18.5 Å². The highest BCUT2D eigenvalue weighted by molar-refractivity contribution is 14.0. The summed E-state index contributed by atoms with van der Waals surface area (Å²) in [6.45, 7) is 0.420. The third kappa shape index (κ3) is 5.76. The molecule has 3 nitrogen and oxygen atoms in total. The highest BCUT2D eigenvalue weighted by Gasteiger charge is 2.13. The number of guanidine groups is 1. The van der Waals surface area contributed by atoms with E-state index in [2.05, 4.69) is 10.3 Å². The number of nitrogens with zero attached hydrogens (tertiary/aromatic N) is 1. The minimum absolute atomic E-state index is 0. The summed E-state index contributed by atoms with van der Waals surface area (Å²) in [5, 5.41) is 3.24. The van der Waals surface area contributed by atoms with Crippen LogP contribution in [0.25, 0.3) is 0 Å². The van der Waals surface area contributed by atoms with Gasteiger partial charge in [-0.05, 0) is 30.5 Å². The predicted octanol–water partition coefficient (Wildman–Crippen LogP) is 3.18. The Morgan fingerprint density at radius 2 is 2.05 bits per heavy atom. The van der Waals surface area contributed by atoms with E-state index in [1.54, 1.807) is 6.07 Å². The smallest absolute Gasteiger partial charge is 0.189 e. The summed E-state index contributed by atoms with van der Waals surface area (Å²) in [4.78, 5) is 4.25. The van der Waals surface area contributed by atoms with E-state index >= 15 is 0 Å². The standard InChI is InChI=1S/C14H20FN3.HI/c15-12-6-4-5-11(9-12)10-17-14(16)18-13-7-2-1-3-8-13;/h4-6,9,13H,1-3,7-8,10H2,(H3,16,17,18);1H. The van der Waals surface area contributed by atoms with E-state index in [1.165, 1.54) is 31.4 Å². The Labute approximate surface area is 130 Å². The zero-order valence-corrected chi connectivity index (χ0v) is 13.3. The molecule has 0 atom stereocenters. The number of nitrogens with two attached hydrogens (primary N) is 1. The van der Waals surface area contributed by atoms with Gasteiger partial charge in [-0.2, -0.15) is 0 Å². The van der Waals surface area contributed by atoms with Gasteiger partial charge in [0.2, 0.25) is 0 Å². The minimum Gasteiger partial charge on any atom is -0.370 e. The van der Waals surface area contributed by atoms with E-state index in [4.69, 9.17) is 5.73 Å². The highest BCUT2D eigenvalue weighted by Crippen LogP contribution is 2.17. The first-order valence-electron chi connectivity index (χ1n) is 6.55. The number of hydrogen-bond acceptors (Lipinski definition) is 1.